The molecule has 0 heterocycles. The SMILES string of the molecule is C/C(=C\CN)C(O)C12CC3CC(CC(C3)C1)C2. The summed E-state index contributed by atoms with van der Waals surface area (Å²) in [5.41, 5.74) is 6.89. The number of nitrogens with two attached hydrogens (primary N) is 1. The molecule has 0 saturated heterocycles. The van der Waals surface area contributed by atoms with Crippen molar-refractivity contribution in [3.63, 3.8) is 0 Å². The molecule has 4 bridgehead atoms. The maximum absolute atomic E-state index is 10.7. The summed E-state index contributed by atoms with van der Waals surface area (Å²) in [6, 6.07) is 0. The molecule has 0 radical (unpaired) electrons. The van der Waals surface area contributed by atoms with Gasteiger partial charge in [-0.2, -0.15) is 0 Å². The van der Waals surface area contributed by atoms with Crippen LogP contribution >= 0.6 is 0 Å². The first-order valence-corrected chi connectivity index (χ1v) is 7.18. The van der Waals surface area contributed by atoms with Gasteiger partial charge in [0, 0.05) is 12.0 Å². The van der Waals surface area contributed by atoms with Gasteiger partial charge in [0.25, 0.3) is 0 Å². The lowest BCUT2D eigenvalue weighted by molar-refractivity contribution is -0.107. The van der Waals surface area contributed by atoms with E-state index < -0.39 is 0 Å². The van der Waals surface area contributed by atoms with Crippen molar-refractivity contribution in [3.05, 3.63) is 11.6 Å². The molecule has 0 spiro atoms. The Hall–Kier alpha value is -0.340. The van der Waals surface area contributed by atoms with Gasteiger partial charge in [0.1, 0.15) is 0 Å². The van der Waals surface area contributed by atoms with E-state index in [1.54, 1.807) is 0 Å². The Morgan fingerprint density at radius 2 is 1.71 bits per heavy atom. The molecule has 3 N–H and O–H groups in total. The Labute approximate surface area is 104 Å². The van der Waals surface area contributed by atoms with Gasteiger partial charge in [0.05, 0.1) is 6.10 Å². The summed E-state index contributed by atoms with van der Waals surface area (Å²) in [6.07, 6.45) is 9.85. The minimum absolute atomic E-state index is 0.213. The minimum atomic E-state index is -0.237. The van der Waals surface area contributed by atoms with E-state index in [1.165, 1.54) is 38.5 Å². The third-order valence-corrected chi connectivity index (χ3v) is 5.54. The monoisotopic (exact) mass is 235 g/mol. The van der Waals surface area contributed by atoms with Crippen LogP contribution in [0.15, 0.2) is 11.6 Å². The van der Waals surface area contributed by atoms with Crippen molar-refractivity contribution in [1.82, 2.24) is 0 Å². The van der Waals surface area contributed by atoms with E-state index in [-0.39, 0.29) is 11.5 Å². The van der Waals surface area contributed by atoms with Crippen molar-refractivity contribution in [3.8, 4) is 0 Å². The second-order valence-electron chi connectivity index (χ2n) is 6.87. The van der Waals surface area contributed by atoms with Crippen LogP contribution in [0.2, 0.25) is 0 Å². The molecule has 2 nitrogen and oxygen atoms in total. The van der Waals surface area contributed by atoms with Crippen molar-refractivity contribution in [2.45, 2.75) is 51.6 Å². The van der Waals surface area contributed by atoms with Gasteiger partial charge >= 0.3 is 0 Å². The molecule has 4 rings (SSSR count). The summed E-state index contributed by atoms with van der Waals surface area (Å²) in [4.78, 5) is 0. The van der Waals surface area contributed by atoms with Crippen LogP contribution < -0.4 is 5.73 Å². The molecule has 4 aliphatic carbocycles. The highest BCUT2D eigenvalue weighted by molar-refractivity contribution is 5.15. The lowest BCUT2D eigenvalue weighted by Crippen LogP contribution is -2.52. The van der Waals surface area contributed by atoms with Gasteiger partial charge in [-0.1, -0.05) is 6.08 Å². The molecule has 0 amide bonds. The van der Waals surface area contributed by atoms with E-state index in [0.29, 0.717) is 6.54 Å². The van der Waals surface area contributed by atoms with E-state index in [9.17, 15) is 5.11 Å². The summed E-state index contributed by atoms with van der Waals surface area (Å²) >= 11 is 0. The highest BCUT2D eigenvalue weighted by Gasteiger charge is 2.54. The fraction of sp³-hybridized carbons (Fsp3) is 0.867. The average molecular weight is 235 g/mol. The fourth-order valence-corrected chi connectivity index (χ4v) is 5.29. The molecule has 1 atom stereocenters. The third-order valence-electron chi connectivity index (χ3n) is 5.54. The number of hydrogen-bond donors (Lipinski definition) is 2. The van der Waals surface area contributed by atoms with Crippen LogP contribution in [-0.2, 0) is 0 Å². The van der Waals surface area contributed by atoms with Crippen molar-refractivity contribution >= 4 is 0 Å². The van der Waals surface area contributed by atoms with Crippen molar-refractivity contribution in [2.24, 2.45) is 28.9 Å². The molecule has 4 aliphatic rings. The summed E-state index contributed by atoms with van der Waals surface area (Å²) in [6.45, 7) is 2.60. The van der Waals surface area contributed by atoms with Gasteiger partial charge in [-0.3, -0.25) is 0 Å². The maximum atomic E-state index is 10.7. The highest BCUT2D eigenvalue weighted by Crippen LogP contribution is 2.61. The van der Waals surface area contributed by atoms with Gasteiger partial charge < -0.3 is 10.8 Å². The Morgan fingerprint density at radius 3 is 2.12 bits per heavy atom. The molecule has 4 saturated carbocycles. The van der Waals surface area contributed by atoms with E-state index in [4.69, 9.17) is 5.73 Å². The number of aliphatic hydroxyl groups excluding tert-OH is 1. The van der Waals surface area contributed by atoms with Crippen LogP contribution in [0.3, 0.4) is 0 Å². The van der Waals surface area contributed by atoms with Gasteiger partial charge in [-0.25, -0.2) is 0 Å². The third kappa shape index (κ3) is 1.86. The predicted octanol–water partition coefficient (Wildman–Crippen LogP) is 2.47. The smallest absolute Gasteiger partial charge is 0.0804 e. The summed E-state index contributed by atoms with van der Waals surface area (Å²) < 4.78 is 0. The zero-order valence-corrected chi connectivity index (χ0v) is 10.9. The van der Waals surface area contributed by atoms with Crippen LogP contribution in [0.4, 0.5) is 0 Å². The molecule has 96 valence electrons. The summed E-state index contributed by atoms with van der Waals surface area (Å²) in [5.74, 6) is 2.71. The molecule has 1 unspecified atom stereocenters. The Balaban J connectivity index is 1.84. The van der Waals surface area contributed by atoms with Gasteiger partial charge in [-0.15, -0.1) is 0 Å². The zero-order valence-electron chi connectivity index (χ0n) is 10.9. The van der Waals surface area contributed by atoms with E-state index in [0.717, 1.165) is 23.3 Å². The maximum Gasteiger partial charge on any atom is 0.0804 e. The van der Waals surface area contributed by atoms with Crippen LogP contribution in [0.1, 0.15) is 45.4 Å². The molecular weight excluding hydrogens is 210 g/mol. The topological polar surface area (TPSA) is 46.2 Å². The Bertz CT molecular complexity index is 299. The van der Waals surface area contributed by atoms with Gasteiger partial charge in [-0.05, 0) is 68.8 Å². The van der Waals surface area contributed by atoms with Crippen molar-refractivity contribution < 1.29 is 5.11 Å². The van der Waals surface area contributed by atoms with Crippen LogP contribution in [0.25, 0.3) is 0 Å². The van der Waals surface area contributed by atoms with Crippen molar-refractivity contribution in [1.29, 1.82) is 0 Å². The predicted molar refractivity (Wildman–Crippen MR) is 69.4 cm³/mol. The molecule has 2 heteroatoms. The van der Waals surface area contributed by atoms with E-state index in [1.807, 2.05) is 6.08 Å². The quantitative estimate of drug-likeness (QED) is 0.738. The Kier molecular flexibility index (Phi) is 2.83. The molecule has 4 fully saturated rings. The summed E-state index contributed by atoms with van der Waals surface area (Å²) in [7, 11) is 0. The zero-order chi connectivity index (χ0) is 12.0. The molecule has 0 aliphatic heterocycles. The molecule has 0 aromatic rings. The normalized spacial score (nSPS) is 46.3. The van der Waals surface area contributed by atoms with Crippen LogP contribution in [-0.4, -0.2) is 17.8 Å². The molecule has 0 aromatic carbocycles. The first kappa shape index (κ1) is 11.7. The first-order valence-electron chi connectivity index (χ1n) is 7.18. The lowest BCUT2D eigenvalue weighted by atomic mass is 9.47. The summed E-state index contributed by atoms with van der Waals surface area (Å²) in [5, 5.41) is 10.7. The van der Waals surface area contributed by atoms with Crippen LogP contribution in [0, 0.1) is 23.2 Å². The fourth-order valence-electron chi connectivity index (χ4n) is 5.29. The standard InChI is InChI=1S/C15H25NO/c1-10(2-3-16)14(17)15-7-11-4-12(8-15)6-13(5-11)9-15/h2,11-14,17H,3-9,16H2,1H3/b10-2+. The molecule has 17 heavy (non-hydrogen) atoms. The minimum Gasteiger partial charge on any atom is -0.388 e. The molecular formula is C15H25NO. The van der Waals surface area contributed by atoms with E-state index >= 15 is 0 Å². The number of hydrogen-bond acceptors (Lipinski definition) is 2. The Morgan fingerprint density at radius 1 is 1.24 bits per heavy atom. The highest BCUT2D eigenvalue weighted by atomic mass is 16.3. The van der Waals surface area contributed by atoms with E-state index in [2.05, 4.69) is 6.92 Å². The van der Waals surface area contributed by atoms with Crippen molar-refractivity contribution in [2.75, 3.05) is 6.54 Å². The number of rotatable bonds is 3. The largest absolute Gasteiger partial charge is 0.388 e. The van der Waals surface area contributed by atoms with Gasteiger partial charge in [0.2, 0.25) is 0 Å². The second-order valence-corrected chi connectivity index (χ2v) is 6.87. The van der Waals surface area contributed by atoms with Crippen LogP contribution in [0.5, 0.6) is 0 Å². The first-order chi connectivity index (χ1) is 8.13. The second kappa shape index (κ2) is 4.10. The molecule has 0 aromatic heterocycles. The van der Waals surface area contributed by atoms with Gasteiger partial charge in [0.15, 0.2) is 0 Å². The number of aliphatic hydroxyl groups is 1. The average Bonchev–Trinajstić information content (AvgIpc) is 2.26. The lowest BCUT2D eigenvalue weighted by Gasteiger charge is -2.58.